The van der Waals surface area contributed by atoms with Crippen LogP contribution in [-0.2, 0) is 6.54 Å². The number of nitrogens with one attached hydrogen (secondary N) is 3. The van der Waals surface area contributed by atoms with E-state index < -0.39 is 11.5 Å². The number of nitrogen functional groups attached to an aromatic ring is 1. The number of pyridine rings is 1. The zero-order valence-electron chi connectivity index (χ0n) is 8.86. The van der Waals surface area contributed by atoms with Crippen molar-refractivity contribution in [3.05, 3.63) is 46.0 Å². The van der Waals surface area contributed by atoms with E-state index in [0.29, 0.717) is 11.4 Å². The third-order valence-electron chi connectivity index (χ3n) is 2.25. The molecule has 7 nitrogen and oxygen atoms in total. The fraction of sp³-hybridized carbons (Fsp3) is 0.100. The SMILES string of the molecule is Nc1[nH]ncc1CNC(=O)c1ccc[nH]c1=O. The van der Waals surface area contributed by atoms with Crippen LogP contribution in [0.2, 0.25) is 0 Å². The topological polar surface area (TPSA) is 117 Å². The number of carbonyl (C=O) groups excluding carboxylic acids is 1. The van der Waals surface area contributed by atoms with Crippen LogP contribution in [0.25, 0.3) is 0 Å². The number of amides is 1. The van der Waals surface area contributed by atoms with Crippen LogP contribution < -0.4 is 16.6 Å². The number of hydrogen-bond acceptors (Lipinski definition) is 4. The summed E-state index contributed by atoms with van der Waals surface area (Å²) < 4.78 is 0. The maximum Gasteiger partial charge on any atom is 0.260 e. The van der Waals surface area contributed by atoms with E-state index in [1.807, 2.05) is 0 Å². The summed E-state index contributed by atoms with van der Waals surface area (Å²) in [5.74, 6) is -0.0558. The largest absolute Gasteiger partial charge is 0.384 e. The maximum atomic E-state index is 11.7. The minimum absolute atomic E-state index is 0.0644. The molecule has 0 aliphatic heterocycles. The first kappa shape index (κ1) is 10.9. The van der Waals surface area contributed by atoms with Crippen molar-refractivity contribution < 1.29 is 4.79 Å². The summed E-state index contributed by atoms with van der Waals surface area (Å²) in [4.78, 5) is 25.4. The zero-order valence-corrected chi connectivity index (χ0v) is 8.86. The molecular weight excluding hydrogens is 222 g/mol. The molecule has 5 N–H and O–H groups in total. The summed E-state index contributed by atoms with van der Waals surface area (Å²) in [6.07, 6.45) is 2.98. The molecule has 0 atom stereocenters. The summed E-state index contributed by atoms with van der Waals surface area (Å²) >= 11 is 0. The second kappa shape index (κ2) is 4.52. The number of H-pyrrole nitrogens is 2. The molecule has 1 amide bonds. The lowest BCUT2D eigenvalue weighted by molar-refractivity contribution is 0.0949. The highest BCUT2D eigenvalue weighted by atomic mass is 16.2. The predicted molar refractivity (Wildman–Crippen MR) is 61.2 cm³/mol. The Labute approximate surface area is 96.0 Å². The molecule has 0 saturated heterocycles. The number of anilines is 1. The number of aromatic amines is 2. The van der Waals surface area contributed by atoms with Crippen molar-refractivity contribution >= 4 is 11.7 Å². The standard InChI is InChI=1S/C10H11N5O2/c11-8-6(5-14-15-8)4-13-10(17)7-2-1-3-12-9(7)16/h1-3,5H,4H2,(H,12,16)(H,13,17)(H3,11,14,15). The molecule has 88 valence electrons. The highest BCUT2D eigenvalue weighted by Crippen LogP contribution is 2.04. The van der Waals surface area contributed by atoms with Crippen molar-refractivity contribution in [1.82, 2.24) is 20.5 Å². The molecule has 0 aliphatic rings. The van der Waals surface area contributed by atoms with E-state index in [2.05, 4.69) is 20.5 Å². The van der Waals surface area contributed by atoms with Gasteiger partial charge >= 0.3 is 0 Å². The molecule has 0 bridgehead atoms. The van der Waals surface area contributed by atoms with E-state index in [1.54, 1.807) is 6.07 Å². The first-order valence-electron chi connectivity index (χ1n) is 4.92. The van der Waals surface area contributed by atoms with E-state index in [1.165, 1.54) is 18.5 Å². The van der Waals surface area contributed by atoms with Crippen molar-refractivity contribution in [2.45, 2.75) is 6.54 Å². The predicted octanol–water partition coefficient (Wildman–Crippen LogP) is -0.390. The Morgan fingerprint density at radius 3 is 3.00 bits per heavy atom. The molecular formula is C10H11N5O2. The van der Waals surface area contributed by atoms with Gasteiger partial charge in [-0.25, -0.2) is 0 Å². The Balaban J connectivity index is 2.06. The molecule has 0 saturated carbocycles. The lowest BCUT2D eigenvalue weighted by Gasteiger charge is -2.03. The molecule has 2 heterocycles. The van der Waals surface area contributed by atoms with Crippen LogP contribution in [0.3, 0.4) is 0 Å². The van der Waals surface area contributed by atoms with Crippen molar-refractivity contribution in [3.8, 4) is 0 Å². The fourth-order valence-electron chi connectivity index (χ4n) is 1.33. The minimum atomic E-state index is -0.451. The second-order valence-electron chi connectivity index (χ2n) is 3.40. The Hall–Kier alpha value is -2.57. The number of carbonyl (C=O) groups is 1. The van der Waals surface area contributed by atoms with E-state index in [9.17, 15) is 9.59 Å². The molecule has 2 aromatic rings. The third kappa shape index (κ3) is 2.33. The Morgan fingerprint density at radius 2 is 2.35 bits per heavy atom. The molecule has 7 heteroatoms. The van der Waals surface area contributed by atoms with Gasteiger partial charge in [-0.3, -0.25) is 14.7 Å². The van der Waals surface area contributed by atoms with Crippen molar-refractivity contribution in [2.75, 3.05) is 5.73 Å². The number of nitrogens with two attached hydrogens (primary N) is 1. The summed E-state index contributed by atoms with van der Waals surface area (Å²) in [6, 6.07) is 3.04. The van der Waals surface area contributed by atoms with Gasteiger partial charge in [-0.05, 0) is 12.1 Å². The smallest absolute Gasteiger partial charge is 0.260 e. The van der Waals surface area contributed by atoms with Gasteiger partial charge in [-0.15, -0.1) is 0 Å². The summed E-state index contributed by atoms with van der Waals surface area (Å²) in [6.45, 7) is 0.218. The van der Waals surface area contributed by atoms with Crippen molar-refractivity contribution in [2.24, 2.45) is 0 Å². The molecule has 17 heavy (non-hydrogen) atoms. The summed E-state index contributed by atoms with van der Waals surface area (Å²) in [7, 11) is 0. The van der Waals surface area contributed by atoms with Crippen molar-refractivity contribution in [1.29, 1.82) is 0 Å². The van der Waals surface area contributed by atoms with Crippen LogP contribution in [0.1, 0.15) is 15.9 Å². The van der Waals surface area contributed by atoms with Gasteiger partial charge in [0.2, 0.25) is 0 Å². The molecule has 0 aromatic carbocycles. The highest BCUT2D eigenvalue weighted by Gasteiger charge is 2.10. The van der Waals surface area contributed by atoms with E-state index in [0.717, 1.165) is 0 Å². The monoisotopic (exact) mass is 233 g/mol. The van der Waals surface area contributed by atoms with Crippen LogP contribution >= 0.6 is 0 Å². The highest BCUT2D eigenvalue weighted by molar-refractivity contribution is 5.93. The molecule has 2 rings (SSSR count). The maximum absolute atomic E-state index is 11.7. The van der Waals surface area contributed by atoms with Crippen LogP contribution in [0.15, 0.2) is 29.3 Å². The average Bonchev–Trinajstić information content (AvgIpc) is 2.72. The van der Waals surface area contributed by atoms with Gasteiger partial charge in [0.25, 0.3) is 11.5 Å². The third-order valence-corrected chi connectivity index (χ3v) is 2.25. The lowest BCUT2D eigenvalue weighted by Crippen LogP contribution is -2.28. The van der Waals surface area contributed by atoms with Crippen molar-refractivity contribution in [3.63, 3.8) is 0 Å². The zero-order chi connectivity index (χ0) is 12.3. The quantitative estimate of drug-likeness (QED) is 0.577. The minimum Gasteiger partial charge on any atom is -0.384 e. The van der Waals surface area contributed by atoms with Gasteiger partial charge < -0.3 is 16.0 Å². The molecule has 0 spiro atoms. The van der Waals surface area contributed by atoms with Gasteiger partial charge in [0.15, 0.2) is 0 Å². The average molecular weight is 233 g/mol. The van der Waals surface area contributed by atoms with Crippen LogP contribution in [-0.4, -0.2) is 21.1 Å². The first-order valence-corrected chi connectivity index (χ1v) is 4.92. The Bertz CT molecular complexity index is 586. The fourth-order valence-corrected chi connectivity index (χ4v) is 1.33. The first-order chi connectivity index (χ1) is 8.18. The Morgan fingerprint density at radius 1 is 1.53 bits per heavy atom. The van der Waals surface area contributed by atoms with Gasteiger partial charge in [0, 0.05) is 18.3 Å². The summed E-state index contributed by atoms with van der Waals surface area (Å²) in [5.41, 5.74) is 5.87. The van der Waals surface area contributed by atoms with E-state index in [-0.39, 0.29) is 12.1 Å². The molecule has 0 fully saturated rings. The Kier molecular flexibility index (Phi) is 2.91. The number of hydrogen-bond donors (Lipinski definition) is 4. The van der Waals surface area contributed by atoms with Crippen LogP contribution in [0, 0.1) is 0 Å². The summed E-state index contributed by atoms with van der Waals surface area (Å²) in [5, 5.41) is 8.86. The van der Waals surface area contributed by atoms with E-state index in [4.69, 9.17) is 5.73 Å². The van der Waals surface area contributed by atoms with Crippen LogP contribution in [0.5, 0.6) is 0 Å². The van der Waals surface area contributed by atoms with Gasteiger partial charge in [0.05, 0.1) is 6.20 Å². The number of aromatic nitrogens is 3. The number of rotatable bonds is 3. The number of nitrogens with zero attached hydrogens (tertiary/aromatic N) is 1. The van der Waals surface area contributed by atoms with Gasteiger partial charge in [-0.2, -0.15) is 5.10 Å². The molecule has 0 aliphatic carbocycles. The molecule has 2 aromatic heterocycles. The normalized spacial score (nSPS) is 10.1. The molecule has 0 unspecified atom stereocenters. The van der Waals surface area contributed by atoms with Gasteiger partial charge in [-0.1, -0.05) is 0 Å². The van der Waals surface area contributed by atoms with E-state index >= 15 is 0 Å². The molecule has 0 radical (unpaired) electrons. The second-order valence-corrected chi connectivity index (χ2v) is 3.40. The lowest BCUT2D eigenvalue weighted by atomic mass is 10.2. The van der Waals surface area contributed by atoms with Crippen LogP contribution in [0.4, 0.5) is 5.82 Å². The van der Waals surface area contributed by atoms with Gasteiger partial charge in [0.1, 0.15) is 11.4 Å².